The highest BCUT2D eigenvalue weighted by Crippen LogP contribution is 2.31. The maximum absolute atomic E-state index is 14.5. The molecule has 0 saturated carbocycles. The number of esters is 1. The number of likely N-dealkylation sites (tertiary alicyclic amines) is 1. The third-order valence-electron chi connectivity index (χ3n) is 16.5. The van der Waals surface area contributed by atoms with Gasteiger partial charge in [-0.15, -0.1) is 0 Å². The van der Waals surface area contributed by atoms with Gasteiger partial charge in [0.1, 0.15) is 17.8 Å². The van der Waals surface area contributed by atoms with E-state index in [1.807, 2.05) is 24.3 Å². The van der Waals surface area contributed by atoms with Gasteiger partial charge in [0.15, 0.2) is 0 Å². The van der Waals surface area contributed by atoms with Crippen molar-refractivity contribution < 1.29 is 81.5 Å². The van der Waals surface area contributed by atoms with Crippen molar-refractivity contribution >= 4 is 105 Å². The van der Waals surface area contributed by atoms with Gasteiger partial charge in [-0.25, -0.2) is 8.78 Å². The van der Waals surface area contributed by atoms with Gasteiger partial charge in [0.05, 0.1) is 82.4 Å². The van der Waals surface area contributed by atoms with E-state index in [1.165, 1.54) is 30.4 Å². The second-order valence-electron chi connectivity index (χ2n) is 23.9. The summed E-state index contributed by atoms with van der Waals surface area (Å²) in [6.45, 7) is 2.58. The first-order valence-electron chi connectivity index (χ1n) is 32.0. The van der Waals surface area contributed by atoms with Crippen LogP contribution in [0, 0.1) is 3.57 Å². The van der Waals surface area contributed by atoms with Gasteiger partial charge < -0.3 is 55.9 Å². The van der Waals surface area contributed by atoms with E-state index in [1.54, 1.807) is 44.7 Å². The van der Waals surface area contributed by atoms with Crippen LogP contribution >= 0.6 is 22.6 Å². The van der Waals surface area contributed by atoms with Crippen LogP contribution in [-0.2, 0) is 54.3 Å². The van der Waals surface area contributed by atoms with Crippen LogP contribution in [0.2, 0.25) is 0 Å². The number of aliphatic carboxylic acids is 3. The first kappa shape index (κ1) is 77.1. The second-order valence-corrected chi connectivity index (χ2v) is 25.1. The number of hydrogen-bond donors (Lipinski definition) is 7. The van der Waals surface area contributed by atoms with E-state index >= 15 is 0 Å². The summed E-state index contributed by atoms with van der Waals surface area (Å²) < 4.78 is 40.6. The summed E-state index contributed by atoms with van der Waals surface area (Å²) in [5.74, 6) is -9.75. The third-order valence-corrected chi connectivity index (χ3v) is 17.2. The quantitative estimate of drug-likeness (QED) is 0.0152. The number of nitrogens with one attached hydrogen (secondary N) is 4. The van der Waals surface area contributed by atoms with Crippen LogP contribution in [0.15, 0.2) is 64.7 Å². The molecule has 0 bridgehead atoms. The standard InChI is InChI=1S/C64H89F2IN14O15/c1-44(72-54(82)10-6-8-45-11-13-46(67)14-12-45)69-18-5-4-9-52(73-55(83)39-76-21-23-77(40-57(85)86)25-27-79(42-59(89)90)28-26-78(24-22-76)41-58(87)88)62(93)74-53(35-60(91)95-3)63(94)80-31-29-75(30-32-80)20-7-33-96-48-15-16-51-50(34-48)49(17-19-70-51)61(92)71-38-56(84)81-43-64(65,66)36-47(81)37-68-2/h11-17,19,34,37,47,52-53H,4-10,18,20-33,35-36,38-43H2,1-3H3,(H,71,92)(H,73,83)(H,74,93)(H,85,86)(H,87,88)(H,89,90)(H,69,72,82)/b68-37+/t47-,52+,53+/m1/s1. The first-order valence-corrected chi connectivity index (χ1v) is 33.1. The van der Waals surface area contributed by atoms with Crippen LogP contribution in [0.3, 0.4) is 0 Å². The molecule has 29 nitrogen and oxygen atoms in total. The Labute approximate surface area is 569 Å². The molecule has 6 rings (SSSR count). The van der Waals surface area contributed by atoms with E-state index in [2.05, 4.69) is 63.7 Å². The van der Waals surface area contributed by atoms with Crippen molar-refractivity contribution in [1.29, 1.82) is 0 Å². The minimum absolute atomic E-state index is 0.0498. The Morgan fingerprint density at radius 3 is 1.94 bits per heavy atom. The van der Waals surface area contributed by atoms with Crippen molar-refractivity contribution in [2.75, 3.05) is 152 Å². The van der Waals surface area contributed by atoms with Crippen molar-refractivity contribution in [2.45, 2.75) is 88.8 Å². The number of alkyl halides is 2. The Balaban J connectivity index is 1.06. The molecule has 526 valence electrons. The number of carbonyl (C=O) groups is 10. The number of aryl methyl sites for hydroxylation is 1. The topological polar surface area (TPSA) is 358 Å². The predicted octanol–water partition coefficient (Wildman–Crippen LogP) is 1.15. The molecule has 0 spiro atoms. The van der Waals surface area contributed by atoms with E-state index in [4.69, 9.17) is 9.47 Å². The second kappa shape index (κ2) is 39.3. The first-order chi connectivity index (χ1) is 45.9. The molecule has 3 fully saturated rings. The number of piperazine rings is 1. The van der Waals surface area contributed by atoms with Gasteiger partial charge in [-0.2, -0.15) is 0 Å². The van der Waals surface area contributed by atoms with E-state index in [0.29, 0.717) is 74.2 Å². The number of amidine groups is 1. The molecular formula is C64H89F2IN14O15. The van der Waals surface area contributed by atoms with E-state index in [9.17, 15) is 72.0 Å². The number of carboxylic acids is 3. The van der Waals surface area contributed by atoms with Crippen molar-refractivity contribution in [3.63, 3.8) is 0 Å². The number of fused-ring (bicyclic) bond motifs is 1. The molecule has 3 aliphatic heterocycles. The zero-order chi connectivity index (χ0) is 69.7. The molecule has 32 heteroatoms. The lowest BCUT2D eigenvalue weighted by Crippen LogP contribution is -2.58. The van der Waals surface area contributed by atoms with E-state index in [0.717, 1.165) is 27.6 Å². The number of nitrogens with zero attached hydrogens (tertiary/aromatic N) is 10. The number of pyridine rings is 1. The molecule has 1 aromatic heterocycles. The van der Waals surface area contributed by atoms with Gasteiger partial charge in [-0.1, -0.05) is 12.1 Å². The number of carbonyl (C=O) groups excluding carboxylic acids is 7. The number of methoxy groups -OCH3 is 1. The number of halogens is 3. The Bertz CT molecular complexity index is 3180. The number of hydrogen-bond acceptors (Lipinski definition) is 20. The summed E-state index contributed by atoms with van der Waals surface area (Å²) in [7, 11) is 2.58. The van der Waals surface area contributed by atoms with Gasteiger partial charge >= 0.3 is 23.9 Å². The number of unbranched alkanes of at least 4 members (excludes halogenated alkanes) is 1. The Morgan fingerprint density at radius 2 is 1.34 bits per heavy atom. The number of amides is 6. The molecule has 0 unspecified atom stereocenters. The summed E-state index contributed by atoms with van der Waals surface area (Å²) in [6, 6.07) is 11.1. The van der Waals surface area contributed by atoms with Gasteiger partial charge in [0.2, 0.25) is 29.5 Å². The molecule has 3 aliphatic rings. The summed E-state index contributed by atoms with van der Waals surface area (Å²) in [5, 5.41) is 40.4. The van der Waals surface area contributed by atoms with Crippen LogP contribution in [0.1, 0.15) is 74.2 Å². The molecule has 3 aromatic rings. The SMILES string of the molecule is C/N=C/[C@H]1CC(F)(F)CN1C(=O)CNC(=O)c1ccnc2ccc(OCCCN3CCN(C(=O)[C@H](CC(=O)OC)NC(=O)[C@H](CCCC/N=C(\C)NC(=O)CCCc4ccc(I)cc4)NC(=O)CN4CCN(CC(=O)O)CCN(CC(=O)O)CCN(CC(=O)O)CC4)CC3)cc12. The van der Waals surface area contributed by atoms with Crippen LogP contribution < -0.4 is 26.0 Å². The molecule has 3 saturated heterocycles. The van der Waals surface area contributed by atoms with Crippen LogP contribution in [0.4, 0.5) is 8.78 Å². The number of aliphatic imine (C=N–C) groups is 2. The van der Waals surface area contributed by atoms with E-state index in [-0.39, 0.29) is 123 Å². The Hall–Kier alpha value is -7.92. The monoisotopic (exact) mass is 1460 g/mol. The van der Waals surface area contributed by atoms with Crippen molar-refractivity contribution in [1.82, 2.24) is 60.6 Å². The molecule has 96 heavy (non-hydrogen) atoms. The number of aromatic nitrogens is 1. The van der Waals surface area contributed by atoms with Crippen molar-refractivity contribution in [3.05, 3.63) is 69.4 Å². The van der Waals surface area contributed by atoms with Gasteiger partial charge in [0.25, 0.3) is 11.8 Å². The number of benzene rings is 2. The molecular weight excluding hydrogens is 1370 g/mol. The molecule has 4 heterocycles. The van der Waals surface area contributed by atoms with Crippen molar-refractivity contribution in [2.24, 2.45) is 9.98 Å². The largest absolute Gasteiger partial charge is 0.494 e. The fraction of sp³-hybridized carbons (Fsp3) is 0.578. The molecule has 2 aromatic carbocycles. The Morgan fingerprint density at radius 1 is 0.740 bits per heavy atom. The smallest absolute Gasteiger partial charge is 0.317 e. The minimum atomic E-state index is -3.08. The molecule has 3 atom stereocenters. The summed E-state index contributed by atoms with van der Waals surface area (Å²) in [5.41, 5.74) is 1.80. The highest BCUT2D eigenvalue weighted by molar-refractivity contribution is 14.1. The number of carboxylic acid groups (broad SMARTS) is 3. The fourth-order valence-electron chi connectivity index (χ4n) is 11.4. The molecule has 0 radical (unpaired) electrons. The van der Waals surface area contributed by atoms with Gasteiger partial charge in [-0.3, -0.25) is 87.4 Å². The summed E-state index contributed by atoms with van der Waals surface area (Å²) in [4.78, 5) is 155. The Kier molecular flexibility index (Phi) is 31.6. The minimum Gasteiger partial charge on any atom is -0.494 e. The normalized spacial score (nSPS) is 18.0. The average Bonchev–Trinajstić information content (AvgIpc) is 1.28. The number of rotatable bonds is 32. The van der Waals surface area contributed by atoms with E-state index < -0.39 is 103 Å². The summed E-state index contributed by atoms with van der Waals surface area (Å²) >= 11 is 2.23. The highest BCUT2D eigenvalue weighted by Gasteiger charge is 2.46. The zero-order valence-corrected chi connectivity index (χ0v) is 56.7. The van der Waals surface area contributed by atoms with Gasteiger partial charge in [0, 0.05) is 133 Å². The van der Waals surface area contributed by atoms with Crippen LogP contribution in [0.5, 0.6) is 5.75 Å². The molecule has 0 aliphatic carbocycles. The van der Waals surface area contributed by atoms with Crippen LogP contribution in [0.25, 0.3) is 10.9 Å². The highest BCUT2D eigenvalue weighted by atomic mass is 127. The van der Waals surface area contributed by atoms with Crippen molar-refractivity contribution in [3.8, 4) is 5.75 Å². The van der Waals surface area contributed by atoms with Gasteiger partial charge in [-0.05, 0) is 110 Å². The lowest BCUT2D eigenvalue weighted by atomic mass is 10.1. The molecule has 6 amide bonds. The molecule has 7 N–H and O–H groups in total. The maximum atomic E-state index is 14.5. The maximum Gasteiger partial charge on any atom is 0.317 e. The average molecular weight is 1460 g/mol. The third kappa shape index (κ3) is 26.9. The lowest BCUT2D eigenvalue weighted by molar-refractivity contribution is -0.147. The fourth-order valence-corrected chi connectivity index (χ4v) is 11.8. The zero-order valence-electron chi connectivity index (χ0n) is 54.6. The summed E-state index contributed by atoms with van der Waals surface area (Å²) in [6.07, 6.45) is 4.66. The number of ether oxygens (including phenoxy) is 2. The van der Waals surface area contributed by atoms with Crippen LogP contribution in [-0.4, -0.2) is 302 Å². The predicted molar refractivity (Wildman–Crippen MR) is 358 cm³/mol. The lowest BCUT2D eigenvalue weighted by Gasteiger charge is -2.36.